The van der Waals surface area contributed by atoms with Crippen LogP contribution in [0.4, 0.5) is 11.4 Å². The second-order valence-electron chi connectivity index (χ2n) is 8.68. The van der Waals surface area contributed by atoms with Crippen molar-refractivity contribution in [1.82, 2.24) is 14.1 Å². The molecular weight excluding hydrogens is 466 g/mol. The van der Waals surface area contributed by atoms with E-state index in [1.165, 1.54) is 10.7 Å². The molecule has 184 valence electrons. The van der Waals surface area contributed by atoms with Gasteiger partial charge in [0, 0.05) is 32.4 Å². The van der Waals surface area contributed by atoms with Crippen LogP contribution in [0.25, 0.3) is 5.69 Å². The standard InChI is InChI=1S/C25H29N5O4S/c31-25(22-11-14-30(27-22)20-7-3-1-4-8-20)26-23-19-21(35(32,33)29-15-17-34-18-16-29)9-10-24(23)28-12-5-2-6-13-28/h1,3-4,7-11,14,19H,2,5-6,12-13,15-18H2,(H,26,31). The third kappa shape index (κ3) is 5.09. The molecule has 9 nitrogen and oxygen atoms in total. The molecule has 0 saturated carbocycles. The molecule has 2 fully saturated rings. The van der Waals surface area contributed by atoms with Crippen LogP contribution in [-0.4, -0.2) is 67.8 Å². The van der Waals surface area contributed by atoms with Gasteiger partial charge in [-0.25, -0.2) is 13.1 Å². The smallest absolute Gasteiger partial charge is 0.276 e. The molecule has 10 heteroatoms. The number of amides is 1. The Morgan fingerprint density at radius 1 is 0.914 bits per heavy atom. The molecule has 0 aliphatic carbocycles. The summed E-state index contributed by atoms with van der Waals surface area (Å²) in [6.07, 6.45) is 5.01. The van der Waals surface area contributed by atoms with Gasteiger partial charge in [0.1, 0.15) is 0 Å². The van der Waals surface area contributed by atoms with Gasteiger partial charge >= 0.3 is 0 Å². The first-order chi connectivity index (χ1) is 17.0. The molecule has 5 rings (SSSR count). The normalized spacial score (nSPS) is 17.3. The van der Waals surface area contributed by atoms with Crippen molar-refractivity contribution in [2.75, 3.05) is 49.6 Å². The molecule has 35 heavy (non-hydrogen) atoms. The molecule has 2 aromatic carbocycles. The van der Waals surface area contributed by atoms with Gasteiger partial charge in [0.15, 0.2) is 5.69 Å². The molecule has 0 atom stereocenters. The fourth-order valence-electron chi connectivity index (χ4n) is 4.48. The molecule has 3 heterocycles. The van der Waals surface area contributed by atoms with Gasteiger partial charge in [0.25, 0.3) is 5.91 Å². The first kappa shape index (κ1) is 23.5. The van der Waals surface area contributed by atoms with E-state index in [4.69, 9.17) is 4.74 Å². The third-order valence-corrected chi connectivity index (χ3v) is 8.26. The zero-order valence-electron chi connectivity index (χ0n) is 19.5. The number of nitrogens with zero attached hydrogens (tertiary/aromatic N) is 4. The van der Waals surface area contributed by atoms with Gasteiger partial charge in [-0.15, -0.1) is 0 Å². The SMILES string of the molecule is O=C(Nc1cc(S(=O)(=O)N2CCOCC2)ccc1N1CCCCC1)c1ccn(-c2ccccc2)n1. The van der Waals surface area contributed by atoms with Crippen LogP contribution in [0.3, 0.4) is 0 Å². The number of sulfonamides is 1. The van der Waals surface area contributed by atoms with Gasteiger partial charge < -0.3 is 15.0 Å². The highest BCUT2D eigenvalue weighted by Gasteiger charge is 2.28. The molecule has 1 N–H and O–H groups in total. The van der Waals surface area contributed by atoms with Crippen molar-refractivity contribution < 1.29 is 17.9 Å². The Morgan fingerprint density at radius 3 is 2.40 bits per heavy atom. The molecular formula is C25H29N5O4S. The molecule has 2 aliphatic rings. The fourth-order valence-corrected chi connectivity index (χ4v) is 5.91. The number of para-hydroxylation sites is 1. The maximum atomic E-state index is 13.3. The number of hydrogen-bond acceptors (Lipinski definition) is 6. The van der Waals surface area contributed by atoms with Crippen molar-refractivity contribution in [2.24, 2.45) is 0 Å². The number of carbonyl (C=O) groups excluding carboxylic acids is 1. The van der Waals surface area contributed by atoms with Gasteiger partial charge in [-0.2, -0.15) is 9.40 Å². The third-order valence-electron chi connectivity index (χ3n) is 6.36. The minimum atomic E-state index is -3.70. The van der Waals surface area contributed by atoms with Crippen LogP contribution < -0.4 is 10.2 Å². The summed E-state index contributed by atoms with van der Waals surface area (Å²) in [6, 6.07) is 16.2. The number of aromatic nitrogens is 2. The van der Waals surface area contributed by atoms with E-state index in [2.05, 4.69) is 15.3 Å². The second-order valence-corrected chi connectivity index (χ2v) is 10.6. The maximum Gasteiger partial charge on any atom is 0.276 e. The van der Waals surface area contributed by atoms with E-state index in [9.17, 15) is 13.2 Å². The molecule has 2 saturated heterocycles. The number of carbonyl (C=O) groups is 1. The van der Waals surface area contributed by atoms with Crippen molar-refractivity contribution in [1.29, 1.82) is 0 Å². The van der Waals surface area contributed by atoms with E-state index < -0.39 is 10.0 Å². The number of rotatable bonds is 6. The molecule has 1 aromatic heterocycles. The monoisotopic (exact) mass is 495 g/mol. The minimum Gasteiger partial charge on any atom is -0.379 e. The quantitative estimate of drug-likeness (QED) is 0.564. The molecule has 0 radical (unpaired) electrons. The summed E-state index contributed by atoms with van der Waals surface area (Å²) in [6.45, 7) is 3.10. The molecule has 2 aliphatic heterocycles. The summed E-state index contributed by atoms with van der Waals surface area (Å²) in [5, 5.41) is 7.35. The van der Waals surface area contributed by atoms with Crippen molar-refractivity contribution >= 4 is 27.3 Å². The largest absolute Gasteiger partial charge is 0.379 e. The Labute approximate surface area is 205 Å². The molecule has 3 aromatic rings. The number of morpholine rings is 1. The number of anilines is 2. The first-order valence-electron chi connectivity index (χ1n) is 11.9. The highest BCUT2D eigenvalue weighted by atomic mass is 32.2. The average Bonchev–Trinajstić information content (AvgIpc) is 3.41. The van der Waals surface area contributed by atoms with Gasteiger partial charge in [-0.1, -0.05) is 18.2 Å². The Morgan fingerprint density at radius 2 is 1.66 bits per heavy atom. The highest BCUT2D eigenvalue weighted by Crippen LogP contribution is 2.32. The van der Waals surface area contributed by atoms with Gasteiger partial charge in [-0.05, 0) is 55.7 Å². The highest BCUT2D eigenvalue weighted by molar-refractivity contribution is 7.89. The number of piperidine rings is 1. The molecule has 0 unspecified atom stereocenters. The predicted octanol–water partition coefficient (Wildman–Crippen LogP) is 3.14. The zero-order valence-corrected chi connectivity index (χ0v) is 20.3. The lowest BCUT2D eigenvalue weighted by Crippen LogP contribution is -2.40. The summed E-state index contributed by atoms with van der Waals surface area (Å²) in [5.74, 6) is -0.390. The van der Waals surface area contributed by atoms with Crippen LogP contribution in [0.1, 0.15) is 29.8 Å². The van der Waals surface area contributed by atoms with Crippen LogP contribution in [-0.2, 0) is 14.8 Å². The van der Waals surface area contributed by atoms with Crippen molar-refractivity contribution in [3.63, 3.8) is 0 Å². The summed E-state index contributed by atoms with van der Waals surface area (Å²) >= 11 is 0. The topological polar surface area (TPSA) is 96.8 Å². The molecule has 1 amide bonds. The van der Waals surface area contributed by atoms with E-state index in [0.717, 1.165) is 37.3 Å². The number of nitrogens with one attached hydrogen (secondary N) is 1. The average molecular weight is 496 g/mol. The first-order valence-corrected chi connectivity index (χ1v) is 13.4. The Kier molecular flexibility index (Phi) is 6.85. The number of ether oxygens (including phenoxy) is 1. The van der Waals surface area contributed by atoms with Crippen molar-refractivity contribution in [2.45, 2.75) is 24.2 Å². The van der Waals surface area contributed by atoms with Crippen LogP contribution in [0, 0.1) is 0 Å². The Balaban J connectivity index is 1.45. The van der Waals surface area contributed by atoms with E-state index in [0.29, 0.717) is 32.0 Å². The number of benzene rings is 2. The minimum absolute atomic E-state index is 0.158. The van der Waals surface area contributed by atoms with E-state index in [-0.39, 0.29) is 16.5 Å². The lowest BCUT2D eigenvalue weighted by atomic mass is 10.1. The summed E-state index contributed by atoms with van der Waals surface area (Å²) < 4.78 is 34.9. The summed E-state index contributed by atoms with van der Waals surface area (Å²) in [7, 11) is -3.70. The maximum absolute atomic E-state index is 13.3. The van der Waals surface area contributed by atoms with Crippen LogP contribution >= 0.6 is 0 Å². The summed E-state index contributed by atoms with van der Waals surface area (Å²) in [5.41, 5.74) is 2.39. The van der Waals surface area contributed by atoms with E-state index in [1.807, 2.05) is 30.3 Å². The van der Waals surface area contributed by atoms with Crippen LogP contribution in [0.15, 0.2) is 65.7 Å². The van der Waals surface area contributed by atoms with E-state index in [1.54, 1.807) is 35.1 Å². The van der Waals surface area contributed by atoms with E-state index >= 15 is 0 Å². The molecule has 0 spiro atoms. The van der Waals surface area contributed by atoms with Crippen LogP contribution in [0.5, 0.6) is 0 Å². The Hall–Kier alpha value is -3.21. The Bertz CT molecular complexity index is 1280. The van der Waals surface area contributed by atoms with Gasteiger partial charge in [-0.3, -0.25) is 4.79 Å². The molecule has 0 bridgehead atoms. The fraction of sp³-hybridized carbons (Fsp3) is 0.360. The summed E-state index contributed by atoms with van der Waals surface area (Å²) in [4.78, 5) is 15.5. The van der Waals surface area contributed by atoms with Gasteiger partial charge in [0.2, 0.25) is 10.0 Å². The lowest BCUT2D eigenvalue weighted by molar-refractivity contribution is 0.0730. The zero-order chi connectivity index (χ0) is 24.3. The van der Waals surface area contributed by atoms with Crippen molar-refractivity contribution in [3.8, 4) is 5.69 Å². The lowest BCUT2D eigenvalue weighted by Gasteiger charge is -2.31. The number of hydrogen-bond donors (Lipinski definition) is 1. The van der Waals surface area contributed by atoms with Crippen molar-refractivity contribution in [3.05, 3.63) is 66.5 Å². The predicted molar refractivity (Wildman–Crippen MR) is 134 cm³/mol. The van der Waals surface area contributed by atoms with Gasteiger partial charge in [0.05, 0.1) is 35.2 Å². The second kappa shape index (κ2) is 10.2. The van der Waals surface area contributed by atoms with Crippen LogP contribution in [0.2, 0.25) is 0 Å².